The Morgan fingerprint density at radius 3 is 2.92 bits per heavy atom. The summed E-state index contributed by atoms with van der Waals surface area (Å²) in [5.74, 6) is -0.139. The Kier molecular flexibility index (Phi) is 5.08. The van der Waals surface area contributed by atoms with Crippen LogP contribution in [-0.4, -0.2) is 80.8 Å². The molecule has 1 aliphatic heterocycles. The lowest BCUT2D eigenvalue weighted by atomic mass is 9.95. The van der Waals surface area contributed by atoms with Crippen LogP contribution in [0.3, 0.4) is 0 Å². The van der Waals surface area contributed by atoms with Crippen LogP contribution in [0.4, 0.5) is 4.79 Å². The molecule has 1 fully saturated rings. The Morgan fingerprint density at radius 2 is 2.15 bits per heavy atom. The van der Waals surface area contributed by atoms with Gasteiger partial charge in [0, 0.05) is 46.1 Å². The molecule has 0 saturated carbocycles. The number of carbonyl (C=O) groups excluding carboxylic acids is 2. The van der Waals surface area contributed by atoms with Gasteiger partial charge < -0.3 is 20.2 Å². The topological polar surface area (TPSA) is 103 Å². The fourth-order valence-corrected chi connectivity index (χ4v) is 3.11. The number of hydrogen-bond acceptors (Lipinski definition) is 5. The molecule has 0 radical (unpaired) electrons. The van der Waals surface area contributed by atoms with Gasteiger partial charge in [0.15, 0.2) is 5.65 Å². The maximum absolute atomic E-state index is 12.9. The molecule has 1 atom stereocenters. The van der Waals surface area contributed by atoms with Gasteiger partial charge in [0.1, 0.15) is 5.56 Å². The second-order valence-electron chi connectivity index (χ2n) is 6.87. The average molecular weight is 360 g/mol. The highest BCUT2D eigenvalue weighted by molar-refractivity contribution is 5.99. The molecule has 1 aliphatic rings. The molecular formula is C17H24N6O3. The van der Waals surface area contributed by atoms with E-state index < -0.39 is 5.60 Å². The van der Waals surface area contributed by atoms with Crippen LogP contribution < -0.4 is 5.32 Å². The van der Waals surface area contributed by atoms with Crippen molar-refractivity contribution in [3.05, 3.63) is 30.2 Å². The predicted octanol–water partition coefficient (Wildman–Crippen LogP) is 0.358. The van der Waals surface area contributed by atoms with Crippen LogP contribution in [0.15, 0.2) is 24.7 Å². The van der Waals surface area contributed by atoms with E-state index in [9.17, 15) is 14.7 Å². The van der Waals surface area contributed by atoms with Crippen LogP contribution in [0.2, 0.25) is 0 Å². The number of likely N-dealkylation sites (tertiary alicyclic amines) is 1. The number of amides is 3. The molecule has 9 nitrogen and oxygen atoms in total. The van der Waals surface area contributed by atoms with Gasteiger partial charge in [-0.2, -0.15) is 5.10 Å². The molecule has 0 bridgehead atoms. The molecule has 2 aromatic heterocycles. The Bertz CT molecular complexity index is 805. The molecule has 3 rings (SSSR count). The Morgan fingerprint density at radius 1 is 1.35 bits per heavy atom. The van der Waals surface area contributed by atoms with Gasteiger partial charge in [-0.25, -0.2) is 14.3 Å². The van der Waals surface area contributed by atoms with E-state index in [-0.39, 0.29) is 18.5 Å². The third-order valence-electron chi connectivity index (χ3n) is 4.69. The average Bonchev–Trinajstić information content (AvgIpc) is 2.96. The summed E-state index contributed by atoms with van der Waals surface area (Å²) in [7, 11) is 3.30. The van der Waals surface area contributed by atoms with Crippen LogP contribution in [0, 0.1) is 0 Å². The van der Waals surface area contributed by atoms with Gasteiger partial charge >= 0.3 is 6.03 Å². The molecule has 140 valence electrons. The van der Waals surface area contributed by atoms with Gasteiger partial charge in [-0.1, -0.05) is 0 Å². The van der Waals surface area contributed by atoms with Crippen LogP contribution in [0.5, 0.6) is 0 Å². The summed E-state index contributed by atoms with van der Waals surface area (Å²) in [5.41, 5.74) is -0.0350. The van der Waals surface area contributed by atoms with Crippen LogP contribution in [0.1, 0.15) is 29.6 Å². The molecular weight excluding hydrogens is 336 g/mol. The minimum absolute atomic E-state index is 0.139. The number of carbonyl (C=O) groups is 2. The molecule has 0 aliphatic carbocycles. The zero-order valence-corrected chi connectivity index (χ0v) is 15.1. The smallest absolute Gasteiger partial charge is 0.316 e. The van der Waals surface area contributed by atoms with Crippen molar-refractivity contribution in [1.82, 2.24) is 29.7 Å². The first kappa shape index (κ1) is 18.1. The highest BCUT2D eigenvalue weighted by Gasteiger charge is 2.33. The number of nitrogens with one attached hydrogen (secondary N) is 1. The lowest BCUT2D eigenvalue weighted by Crippen LogP contribution is -2.46. The first-order valence-corrected chi connectivity index (χ1v) is 8.65. The first-order chi connectivity index (χ1) is 12.4. The van der Waals surface area contributed by atoms with Crippen molar-refractivity contribution in [3.63, 3.8) is 0 Å². The van der Waals surface area contributed by atoms with Gasteiger partial charge in [0.05, 0.1) is 11.8 Å². The van der Waals surface area contributed by atoms with E-state index in [0.717, 1.165) is 0 Å². The normalized spacial score (nSPS) is 20.7. The van der Waals surface area contributed by atoms with E-state index in [4.69, 9.17) is 0 Å². The second kappa shape index (κ2) is 7.28. The van der Waals surface area contributed by atoms with Gasteiger partial charge in [0.25, 0.3) is 5.91 Å². The van der Waals surface area contributed by atoms with E-state index >= 15 is 0 Å². The summed E-state index contributed by atoms with van der Waals surface area (Å²) in [4.78, 5) is 31.9. The summed E-state index contributed by atoms with van der Waals surface area (Å²) in [6.45, 7) is 1.13. The maximum Gasteiger partial charge on any atom is 0.316 e. The monoisotopic (exact) mass is 360 g/mol. The molecule has 0 unspecified atom stereocenters. The maximum atomic E-state index is 12.9. The van der Waals surface area contributed by atoms with Crippen LogP contribution in [0.25, 0.3) is 5.65 Å². The van der Waals surface area contributed by atoms with Crippen LogP contribution in [-0.2, 0) is 0 Å². The van der Waals surface area contributed by atoms with E-state index in [1.54, 1.807) is 42.0 Å². The Balaban J connectivity index is 1.66. The van der Waals surface area contributed by atoms with E-state index in [1.807, 2.05) is 0 Å². The molecule has 0 spiro atoms. The molecule has 3 amide bonds. The molecule has 0 aromatic carbocycles. The summed E-state index contributed by atoms with van der Waals surface area (Å²) in [6, 6.07) is 1.51. The number of nitrogens with zero attached hydrogens (tertiary/aromatic N) is 5. The summed E-state index contributed by atoms with van der Waals surface area (Å²) < 4.78 is 1.57. The lowest BCUT2D eigenvalue weighted by Gasteiger charge is -2.28. The number of aliphatic hydroxyl groups is 1. The highest BCUT2D eigenvalue weighted by Crippen LogP contribution is 2.23. The van der Waals surface area contributed by atoms with Gasteiger partial charge in [-0.3, -0.25) is 4.79 Å². The fourth-order valence-electron chi connectivity index (χ4n) is 3.11. The van der Waals surface area contributed by atoms with Crippen molar-refractivity contribution in [2.75, 3.05) is 33.7 Å². The quantitative estimate of drug-likeness (QED) is 0.823. The zero-order valence-electron chi connectivity index (χ0n) is 15.1. The SMILES string of the molecule is CN(C)C(=O)NC[C@@]1(O)CCCN(C(=O)c2cnn3cccnc23)CC1. The standard InChI is InChI=1S/C17H24N6O3/c1-21(2)16(25)19-12-17(26)5-3-8-22(10-6-17)15(24)13-11-20-23-9-4-7-18-14(13)23/h4,7,9,11,26H,3,5-6,8,10,12H2,1-2H3,(H,19,25)/t17-/m1/s1. The minimum Gasteiger partial charge on any atom is -0.388 e. The third-order valence-corrected chi connectivity index (χ3v) is 4.69. The van der Waals surface area contributed by atoms with Crippen LogP contribution >= 0.6 is 0 Å². The first-order valence-electron chi connectivity index (χ1n) is 8.65. The third kappa shape index (κ3) is 3.77. The van der Waals surface area contributed by atoms with Gasteiger partial charge in [-0.15, -0.1) is 0 Å². The molecule has 2 aromatic rings. The molecule has 9 heteroatoms. The van der Waals surface area contributed by atoms with E-state index in [0.29, 0.717) is 43.6 Å². The number of rotatable bonds is 3. The van der Waals surface area contributed by atoms with Crippen molar-refractivity contribution >= 4 is 17.6 Å². The molecule has 1 saturated heterocycles. The van der Waals surface area contributed by atoms with Gasteiger partial charge in [0.2, 0.25) is 0 Å². The van der Waals surface area contributed by atoms with E-state index in [2.05, 4.69) is 15.4 Å². The Hall–Kier alpha value is -2.68. The van der Waals surface area contributed by atoms with Crippen molar-refractivity contribution in [1.29, 1.82) is 0 Å². The molecule has 2 N–H and O–H groups in total. The summed E-state index contributed by atoms with van der Waals surface area (Å²) >= 11 is 0. The van der Waals surface area contributed by atoms with Crippen molar-refractivity contribution in [3.8, 4) is 0 Å². The predicted molar refractivity (Wildman–Crippen MR) is 94.8 cm³/mol. The number of fused-ring (bicyclic) bond motifs is 1. The van der Waals surface area contributed by atoms with E-state index in [1.165, 1.54) is 11.1 Å². The van der Waals surface area contributed by atoms with Crippen molar-refractivity contribution in [2.45, 2.75) is 24.9 Å². The fraction of sp³-hybridized carbons (Fsp3) is 0.529. The second-order valence-corrected chi connectivity index (χ2v) is 6.87. The number of hydrogen-bond donors (Lipinski definition) is 2. The molecule has 3 heterocycles. The lowest BCUT2D eigenvalue weighted by molar-refractivity contribution is 0.0272. The summed E-state index contributed by atoms with van der Waals surface area (Å²) in [6.07, 6.45) is 6.48. The van der Waals surface area contributed by atoms with Crippen molar-refractivity contribution in [2.24, 2.45) is 0 Å². The number of aromatic nitrogens is 3. The summed E-state index contributed by atoms with van der Waals surface area (Å²) in [5, 5.41) is 17.7. The largest absolute Gasteiger partial charge is 0.388 e. The minimum atomic E-state index is -1.01. The number of urea groups is 1. The van der Waals surface area contributed by atoms with Gasteiger partial charge in [-0.05, 0) is 25.3 Å². The molecule has 26 heavy (non-hydrogen) atoms. The van der Waals surface area contributed by atoms with Crippen molar-refractivity contribution < 1.29 is 14.7 Å². The Labute approximate surface area is 151 Å². The highest BCUT2D eigenvalue weighted by atomic mass is 16.3. The zero-order chi connectivity index (χ0) is 18.7.